The van der Waals surface area contributed by atoms with E-state index in [0.717, 1.165) is 10.8 Å². The Morgan fingerprint density at radius 2 is 1.68 bits per heavy atom. The van der Waals surface area contributed by atoms with Crippen molar-refractivity contribution >= 4 is 22.5 Å². The van der Waals surface area contributed by atoms with Gasteiger partial charge in [-0.25, -0.2) is 4.79 Å². The zero-order chi connectivity index (χ0) is 15.5. The highest BCUT2D eigenvalue weighted by Gasteiger charge is 2.17. The average molecular weight is 291 g/mol. The molecule has 0 radical (unpaired) electrons. The summed E-state index contributed by atoms with van der Waals surface area (Å²) in [5.41, 5.74) is 0.776. The van der Waals surface area contributed by atoms with Gasteiger partial charge in [0.15, 0.2) is 5.78 Å². The third-order valence-corrected chi connectivity index (χ3v) is 3.37. The van der Waals surface area contributed by atoms with Gasteiger partial charge in [-0.1, -0.05) is 30.3 Å². The number of benzene rings is 2. The van der Waals surface area contributed by atoms with Crippen molar-refractivity contribution in [1.29, 1.82) is 0 Å². The van der Waals surface area contributed by atoms with Gasteiger partial charge in [-0.05, 0) is 30.5 Å². The van der Waals surface area contributed by atoms with Crippen molar-refractivity contribution in [2.45, 2.75) is 6.92 Å². The number of esters is 1. The maximum absolute atomic E-state index is 12.3. The molecule has 1 aromatic heterocycles. The van der Waals surface area contributed by atoms with Crippen LogP contribution in [0.25, 0.3) is 10.8 Å². The number of ketones is 1. The normalized spacial score (nSPS) is 10.4. The summed E-state index contributed by atoms with van der Waals surface area (Å²) in [6.45, 7) is 1.45. The molecule has 3 rings (SSSR count). The molecule has 0 amide bonds. The first-order chi connectivity index (χ1) is 10.7. The summed E-state index contributed by atoms with van der Waals surface area (Å²) in [4.78, 5) is 28.0. The van der Waals surface area contributed by atoms with Crippen LogP contribution in [-0.4, -0.2) is 16.7 Å². The van der Waals surface area contributed by atoms with Gasteiger partial charge in [0.2, 0.25) is 0 Å². The van der Waals surface area contributed by atoms with Crippen molar-refractivity contribution < 1.29 is 14.3 Å². The van der Waals surface area contributed by atoms with Gasteiger partial charge < -0.3 is 4.74 Å². The van der Waals surface area contributed by atoms with Crippen LogP contribution in [0.2, 0.25) is 0 Å². The van der Waals surface area contributed by atoms with E-state index < -0.39 is 5.97 Å². The molecule has 0 saturated carbocycles. The van der Waals surface area contributed by atoms with E-state index in [-0.39, 0.29) is 5.78 Å². The summed E-state index contributed by atoms with van der Waals surface area (Å²) < 4.78 is 5.52. The van der Waals surface area contributed by atoms with E-state index >= 15 is 0 Å². The number of carbonyl (C=O) groups excluding carboxylic acids is 2. The van der Waals surface area contributed by atoms with E-state index in [4.69, 9.17) is 4.74 Å². The van der Waals surface area contributed by atoms with Crippen LogP contribution >= 0.6 is 0 Å². The number of carbonyl (C=O) groups is 2. The highest BCUT2D eigenvalue weighted by atomic mass is 16.5. The number of aromatic nitrogens is 1. The number of rotatable bonds is 3. The topological polar surface area (TPSA) is 56.3 Å². The lowest BCUT2D eigenvalue weighted by atomic mass is 10.0. The standard InChI is InChI=1S/C18H13NO3/c1-12(20)15-7-6-13-4-2-3-5-16(13)17(15)22-18(21)14-8-10-19-11-9-14/h2-11H,1H3. The zero-order valence-electron chi connectivity index (χ0n) is 11.9. The number of Topliss-reactive ketones (excluding diaryl/α,β-unsaturated/α-hetero) is 1. The Morgan fingerprint density at radius 1 is 0.955 bits per heavy atom. The van der Waals surface area contributed by atoms with Crippen LogP contribution in [-0.2, 0) is 0 Å². The highest BCUT2D eigenvalue weighted by Crippen LogP contribution is 2.31. The first-order valence-electron chi connectivity index (χ1n) is 6.81. The Labute approximate surface area is 127 Å². The molecule has 0 saturated heterocycles. The number of ether oxygens (including phenoxy) is 1. The predicted molar refractivity (Wildman–Crippen MR) is 83.1 cm³/mol. The van der Waals surface area contributed by atoms with Crippen LogP contribution in [0, 0.1) is 0 Å². The lowest BCUT2D eigenvalue weighted by Crippen LogP contribution is -2.11. The molecule has 3 aromatic rings. The second-order valence-electron chi connectivity index (χ2n) is 4.84. The fraction of sp³-hybridized carbons (Fsp3) is 0.0556. The molecular formula is C18H13NO3. The third kappa shape index (κ3) is 2.59. The monoisotopic (exact) mass is 291 g/mol. The van der Waals surface area contributed by atoms with Gasteiger partial charge in [-0.3, -0.25) is 9.78 Å². The minimum atomic E-state index is -0.513. The second-order valence-corrected chi connectivity index (χ2v) is 4.84. The third-order valence-electron chi connectivity index (χ3n) is 3.37. The predicted octanol–water partition coefficient (Wildman–Crippen LogP) is 3.66. The fourth-order valence-corrected chi connectivity index (χ4v) is 2.27. The van der Waals surface area contributed by atoms with E-state index in [1.807, 2.05) is 30.3 Å². The van der Waals surface area contributed by atoms with Gasteiger partial charge in [0.25, 0.3) is 0 Å². The van der Waals surface area contributed by atoms with Crippen LogP contribution in [0.15, 0.2) is 60.9 Å². The molecule has 1 heterocycles. The first-order valence-corrected chi connectivity index (χ1v) is 6.81. The Kier molecular flexibility index (Phi) is 3.66. The number of hydrogen-bond acceptors (Lipinski definition) is 4. The van der Waals surface area contributed by atoms with E-state index in [1.165, 1.54) is 19.3 Å². The van der Waals surface area contributed by atoms with Gasteiger partial charge in [0.05, 0.1) is 11.1 Å². The number of hydrogen-bond donors (Lipinski definition) is 0. The van der Waals surface area contributed by atoms with Crippen LogP contribution < -0.4 is 4.74 Å². The van der Waals surface area contributed by atoms with Crippen LogP contribution in [0.4, 0.5) is 0 Å². The first kappa shape index (κ1) is 13.9. The number of fused-ring (bicyclic) bond motifs is 1. The summed E-state index contributed by atoms with van der Waals surface area (Å²) in [5, 5.41) is 1.64. The summed E-state index contributed by atoms with van der Waals surface area (Å²) in [6, 6.07) is 14.1. The van der Waals surface area contributed by atoms with E-state index in [2.05, 4.69) is 4.98 Å². The quantitative estimate of drug-likeness (QED) is 0.420. The van der Waals surface area contributed by atoms with Crippen molar-refractivity contribution in [3.63, 3.8) is 0 Å². The zero-order valence-corrected chi connectivity index (χ0v) is 11.9. The molecule has 0 spiro atoms. The molecule has 0 aliphatic rings. The molecule has 0 atom stereocenters. The molecule has 0 aliphatic heterocycles. The molecule has 0 N–H and O–H groups in total. The van der Waals surface area contributed by atoms with Crippen molar-refractivity contribution in [2.24, 2.45) is 0 Å². The maximum Gasteiger partial charge on any atom is 0.343 e. The molecule has 108 valence electrons. The van der Waals surface area contributed by atoms with Crippen molar-refractivity contribution in [1.82, 2.24) is 4.98 Å². The average Bonchev–Trinajstić information content (AvgIpc) is 2.55. The summed E-state index contributed by atoms with van der Waals surface area (Å²) in [6.07, 6.45) is 3.04. The molecular weight excluding hydrogens is 278 g/mol. The molecule has 0 fully saturated rings. The lowest BCUT2D eigenvalue weighted by Gasteiger charge is -2.11. The van der Waals surface area contributed by atoms with Crippen molar-refractivity contribution in [2.75, 3.05) is 0 Å². The van der Waals surface area contributed by atoms with Gasteiger partial charge in [-0.2, -0.15) is 0 Å². The Bertz CT molecular complexity index is 857. The summed E-state index contributed by atoms with van der Waals surface area (Å²) in [5.74, 6) is -0.364. The summed E-state index contributed by atoms with van der Waals surface area (Å²) in [7, 11) is 0. The minimum absolute atomic E-state index is 0.150. The largest absolute Gasteiger partial charge is 0.421 e. The molecule has 4 heteroatoms. The molecule has 0 aliphatic carbocycles. The molecule has 0 unspecified atom stereocenters. The maximum atomic E-state index is 12.3. The Hall–Kier alpha value is -3.01. The van der Waals surface area contributed by atoms with E-state index in [9.17, 15) is 9.59 Å². The fourth-order valence-electron chi connectivity index (χ4n) is 2.27. The van der Waals surface area contributed by atoms with Gasteiger partial charge in [0, 0.05) is 17.8 Å². The Morgan fingerprint density at radius 3 is 2.41 bits per heavy atom. The smallest absolute Gasteiger partial charge is 0.343 e. The van der Waals surface area contributed by atoms with Crippen molar-refractivity contribution in [3.8, 4) is 5.75 Å². The Balaban J connectivity index is 2.10. The molecule has 22 heavy (non-hydrogen) atoms. The summed E-state index contributed by atoms with van der Waals surface area (Å²) >= 11 is 0. The van der Waals surface area contributed by atoms with E-state index in [0.29, 0.717) is 16.9 Å². The van der Waals surface area contributed by atoms with Crippen LogP contribution in [0.3, 0.4) is 0 Å². The molecule has 4 nitrogen and oxygen atoms in total. The van der Waals surface area contributed by atoms with E-state index in [1.54, 1.807) is 18.2 Å². The number of nitrogens with zero attached hydrogens (tertiary/aromatic N) is 1. The van der Waals surface area contributed by atoms with Crippen LogP contribution in [0.1, 0.15) is 27.6 Å². The van der Waals surface area contributed by atoms with Gasteiger partial charge in [0.1, 0.15) is 5.75 Å². The van der Waals surface area contributed by atoms with Crippen LogP contribution in [0.5, 0.6) is 5.75 Å². The van der Waals surface area contributed by atoms with Gasteiger partial charge in [-0.15, -0.1) is 0 Å². The highest BCUT2D eigenvalue weighted by molar-refractivity contribution is 6.05. The second kappa shape index (κ2) is 5.77. The molecule has 0 bridgehead atoms. The minimum Gasteiger partial charge on any atom is -0.421 e. The lowest BCUT2D eigenvalue weighted by molar-refractivity contribution is 0.0735. The number of pyridine rings is 1. The van der Waals surface area contributed by atoms with Crippen molar-refractivity contribution in [3.05, 3.63) is 72.1 Å². The van der Waals surface area contributed by atoms with Gasteiger partial charge >= 0.3 is 5.97 Å². The SMILES string of the molecule is CC(=O)c1ccc2ccccc2c1OC(=O)c1ccncc1. The molecule has 2 aromatic carbocycles.